The molecule has 2 saturated heterocycles. The molecule has 0 amide bonds. The molecular weight excluding hydrogens is 324 g/mol. The predicted molar refractivity (Wildman–Crippen MR) is 103 cm³/mol. The molecule has 0 bridgehead atoms. The lowest BCUT2D eigenvalue weighted by Crippen LogP contribution is -2.64. The highest BCUT2D eigenvalue weighted by atomic mass is 15.3. The van der Waals surface area contributed by atoms with E-state index in [0.29, 0.717) is 0 Å². The van der Waals surface area contributed by atoms with Crippen molar-refractivity contribution in [2.24, 2.45) is 0 Å². The SMILES string of the molecule is Cc1nc(N2CCC23CCN(C)CC3)c2cnn(-c3ccccc3)c2n1. The number of likely N-dealkylation sites (tertiary alicyclic amines) is 1. The van der Waals surface area contributed by atoms with E-state index < -0.39 is 0 Å². The number of piperidine rings is 1. The first-order valence-corrected chi connectivity index (χ1v) is 9.40. The van der Waals surface area contributed by atoms with Crippen molar-refractivity contribution >= 4 is 16.9 Å². The van der Waals surface area contributed by atoms with E-state index in [0.717, 1.165) is 48.0 Å². The standard InChI is InChI=1S/C20H24N6/c1-15-22-18(25-13-10-20(25)8-11-24(2)12-9-20)17-14-21-26(19(17)23-15)16-6-4-3-5-7-16/h3-7,14H,8-13H2,1-2H3. The number of benzene rings is 1. The first-order valence-electron chi connectivity index (χ1n) is 9.40. The number of aryl methyl sites for hydroxylation is 1. The third-order valence-corrected chi connectivity index (χ3v) is 6.07. The molecule has 26 heavy (non-hydrogen) atoms. The van der Waals surface area contributed by atoms with E-state index in [1.807, 2.05) is 36.0 Å². The average Bonchev–Trinajstić information content (AvgIpc) is 3.06. The summed E-state index contributed by atoms with van der Waals surface area (Å²) in [6, 6.07) is 10.2. The van der Waals surface area contributed by atoms with Crippen LogP contribution < -0.4 is 4.90 Å². The molecule has 2 aliphatic heterocycles. The van der Waals surface area contributed by atoms with Gasteiger partial charge in [0.05, 0.1) is 17.3 Å². The number of anilines is 1. The van der Waals surface area contributed by atoms with E-state index in [4.69, 9.17) is 9.97 Å². The summed E-state index contributed by atoms with van der Waals surface area (Å²) in [5, 5.41) is 5.69. The summed E-state index contributed by atoms with van der Waals surface area (Å²) < 4.78 is 1.93. The molecule has 2 fully saturated rings. The molecule has 0 unspecified atom stereocenters. The quantitative estimate of drug-likeness (QED) is 0.713. The Hall–Kier alpha value is -2.47. The third-order valence-electron chi connectivity index (χ3n) is 6.07. The molecule has 0 N–H and O–H groups in total. The fourth-order valence-electron chi connectivity index (χ4n) is 4.39. The third kappa shape index (κ3) is 2.32. The first kappa shape index (κ1) is 15.8. The van der Waals surface area contributed by atoms with Crippen LogP contribution in [-0.2, 0) is 0 Å². The summed E-state index contributed by atoms with van der Waals surface area (Å²) in [4.78, 5) is 14.5. The van der Waals surface area contributed by atoms with Crippen LogP contribution >= 0.6 is 0 Å². The van der Waals surface area contributed by atoms with E-state index >= 15 is 0 Å². The molecule has 0 radical (unpaired) electrons. The Morgan fingerprint density at radius 1 is 0.962 bits per heavy atom. The van der Waals surface area contributed by atoms with E-state index in [1.165, 1.54) is 19.3 Å². The normalized spacial score (nSPS) is 19.8. The fraction of sp³-hybridized carbons (Fsp3) is 0.450. The minimum absolute atomic E-state index is 0.273. The Bertz CT molecular complexity index is 940. The summed E-state index contributed by atoms with van der Waals surface area (Å²) >= 11 is 0. The highest BCUT2D eigenvalue weighted by Crippen LogP contribution is 2.44. The van der Waals surface area contributed by atoms with Crippen LogP contribution in [0.3, 0.4) is 0 Å². The molecule has 1 spiro atoms. The van der Waals surface area contributed by atoms with Gasteiger partial charge in [0.2, 0.25) is 0 Å². The Kier molecular flexibility index (Phi) is 3.50. The van der Waals surface area contributed by atoms with Crippen molar-refractivity contribution in [1.29, 1.82) is 0 Å². The maximum absolute atomic E-state index is 4.85. The van der Waals surface area contributed by atoms with Crippen molar-refractivity contribution in [3.8, 4) is 5.69 Å². The van der Waals surface area contributed by atoms with Crippen molar-refractivity contribution in [1.82, 2.24) is 24.6 Å². The molecular formula is C20H24N6. The minimum Gasteiger partial charge on any atom is -0.350 e. The molecule has 0 atom stereocenters. The molecule has 0 aliphatic carbocycles. The summed E-state index contributed by atoms with van der Waals surface area (Å²) in [5.41, 5.74) is 2.20. The van der Waals surface area contributed by atoms with Crippen LogP contribution in [0.15, 0.2) is 36.5 Å². The molecule has 5 rings (SSSR count). The van der Waals surface area contributed by atoms with Crippen LogP contribution in [-0.4, -0.2) is 56.9 Å². The molecule has 2 aliphatic rings. The predicted octanol–water partition coefficient (Wildman–Crippen LogP) is 2.80. The number of rotatable bonds is 2. The van der Waals surface area contributed by atoms with E-state index in [9.17, 15) is 0 Å². The summed E-state index contributed by atoms with van der Waals surface area (Å²) in [5.74, 6) is 1.87. The Labute approximate surface area is 153 Å². The van der Waals surface area contributed by atoms with Crippen LogP contribution in [0.4, 0.5) is 5.82 Å². The van der Waals surface area contributed by atoms with Gasteiger partial charge in [-0.05, 0) is 45.4 Å². The van der Waals surface area contributed by atoms with Crippen LogP contribution in [0.1, 0.15) is 25.1 Å². The molecule has 3 aromatic rings. The fourth-order valence-corrected chi connectivity index (χ4v) is 4.39. The zero-order valence-electron chi connectivity index (χ0n) is 15.4. The van der Waals surface area contributed by atoms with E-state index in [2.05, 4.69) is 34.1 Å². The summed E-state index contributed by atoms with van der Waals surface area (Å²) in [6.07, 6.45) is 5.61. The van der Waals surface area contributed by atoms with Crippen molar-refractivity contribution in [2.75, 3.05) is 31.6 Å². The molecule has 2 aromatic heterocycles. The van der Waals surface area contributed by atoms with Crippen molar-refractivity contribution < 1.29 is 0 Å². The van der Waals surface area contributed by atoms with Crippen molar-refractivity contribution in [3.63, 3.8) is 0 Å². The Morgan fingerprint density at radius 2 is 1.69 bits per heavy atom. The second kappa shape index (κ2) is 5.77. The lowest BCUT2D eigenvalue weighted by Gasteiger charge is -2.57. The highest BCUT2D eigenvalue weighted by Gasteiger charge is 2.47. The number of nitrogens with zero attached hydrogens (tertiary/aromatic N) is 6. The number of hydrogen-bond acceptors (Lipinski definition) is 5. The van der Waals surface area contributed by atoms with Crippen LogP contribution in [0.5, 0.6) is 0 Å². The number of aromatic nitrogens is 4. The summed E-state index contributed by atoms with van der Waals surface area (Å²) in [7, 11) is 2.22. The smallest absolute Gasteiger partial charge is 0.168 e. The van der Waals surface area contributed by atoms with Gasteiger partial charge in [-0.25, -0.2) is 14.6 Å². The molecule has 6 heteroatoms. The lowest BCUT2D eigenvalue weighted by atomic mass is 9.76. The van der Waals surface area contributed by atoms with Crippen molar-refractivity contribution in [3.05, 3.63) is 42.4 Å². The molecule has 4 heterocycles. The number of para-hydroxylation sites is 1. The second-order valence-electron chi connectivity index (χ2n) is 7.65. The number of hydrogen-bond donors (Lipinski definition) is 0. The van der Waals surface area contributed by atoms with Gasteiger partial charge < -0.3 is 9.80 Å². The summed E-state index contributed by atoms with van der Waals surface area (Å²) in [6.45, 7) is 5.37. The lowest BCUT2D eigenvalue weighted by molar-refractivity contribution is 0.134. The first-order chi connectivity index (χ1) is 12.7. The Balaban J connectivity index is 1.60. The maximum atomic E-state index is 4.85. The zero-order valence-corrected chi connectivity index (χ0v) is 15.4. The maximum Gasteiger partial charge on any atom is 0.168 e. The van der Waals surface area contributed by atoms with Gasteiger partial charge >= 0.3 is 0 Å². The van der Waals surface area contributed by atoms with Gasteiger partial charge in [0.1, 0.15) is 11.6 Å². The monoisotopic (exact) mass is 348 g/mol. The second-order valence-corrected chi connectivity index (χ2v) is 7.65. The van der Waals surface area contributed by atoms with Crippen molar-refractivity contribution in [2.45, 2.75) is 31.7 Å². The number of fused-ring (bicyclic) bond motifs is 1. The Morgan fingerprint density at radius 3 is 2.38 bits per heavy atom. The van der Waals surface area contributed by atoms with Gasteiger partial charge in [-0.3, -0.25) is 0 Å². The van der Waals surface area contributed by atoms with E-state index in [1.54, 1.807) is 0 Å². The molecule has 0 saturated carbocycles. The van der Waals surface area contributed by atoms with Gasteiger partial charge in [0.25, 0.3) is 0 Å². The zero-order chi connectivity index (χ0) is 17.7. The van der Waals surface area contributed by atoms with Gasteiger partial charge in [0.15, 0.2) is 5.65 Å². The van der Waals surface area contributed by atoms with Crippen LogP contribution in [0.25, 0.3) is 16.7 Å². The molecule has 1 aromatic carbocycles. The van der Waals surface area contributed by atoms with E-state index in [-0.39, 0.29) is 5.54 Å². The topological polar surface area (TPSA) is 50.1 Å². The molecule has 134 valence electrons. The van der Waals surface area contributed by atoms with Crippen LogP contribution in [0.2, 0.25) is 0 Å². The minimum atomic E-state index is 0.273. The van der Waals surface area contributed by atoms with Crippen LogP contribution in [0, 0.1) is 6.92 Å². The van der Waals surface area contributed by atoms with Gasteiger partial charge in [-0.2, -0.15) is 5.10 Å². The van der Waals surface area contributed by atoms with Gasteiger partial charge in [-0.15, -0.1) is 0 Å². The average molecular weight is 348 g/mol. The molecule has 6 nitrogen and oxygen atoms in total. The largest absolute Gasteiger partial charge is 0.350 e. The van der Waals surface area contributed by atoms with Gasteiger partial charge in [-0.1, -0.05) is 18.2 Å². The van der Waals surface area contributed by atoms with Gasteiger partial charge in [0, 0.05) is 25.2 Å². The highest BCUT2D eigenvalue weighted by molar-refractivity contribution is 5.88.